The van der Waals surface area contributed by atoms with Crippen LogP contribution in [0.15, 0.2) is 15.7 Å². The van der Waals surface area contributed by atoms with Crippen molar-refractivity contribution in [3.8, 4) is 0 Å². The summed E-state index contributed by atoms with van der Waals surface area (Å²) in [5.41, 5.74) is 0. The van der Waals surface area contributed by atoms with Gasteiger partial charge in [0.05, 0.1) is 10.8 Å². The van der Waals surface area contributed by atoms with E-state index in [0.717, 1.165) is 0 Å². The van der Waals surface area contributed by atoms with Gasteiger partial charge in [0.25, 0.3) is 0 Å². The molecule has 8 heavy (non-hydrogen) atoms. The quantitative estimate of drug-likeness (QED) is 0.554. The van der Waals surface area contributed by atoms with E-state index in [1.54, 1.807) is 6.20 Å². The van der Waals surface area contributed by atoms with Crippen LogP contribution in [0, 0.1) is 0 Å². The van der Waals surface area contributed by atoms with Crippen molar-refractivity contribution in [2.75, 3.05) is 0 Å². The molecule has 1 rings (SSSR count). The average Bonchev–Trinajstić information content (AvgIpc) is 1.77. The number of nitrogens with zero attached hydrogens (tertiary/aromatic N) is 1. The molecule has 0 aromatic heterocycles. The monoisotopic (exact) mass is 176 g/mol. The fraction of sp³-hybridized carbons (Fsp3) is 0.250. The Hall–Kier alpha value is -0.350. The van der Waals surface area contributed by atoms with Crippen LogP contribution in [-0.4, -0.2) is 17.7 Å². The predicted octanol–water partition coefficient (Wildman–Crippen LogP) is 0.173. The second-order valence-corrected chi connectivity index (χ2v) is 2.26. The largest absolute Gasteiger partial charge is 0.367 e. The van der Waals surface area contributed by atoms with E-state index >= 15 is 0 Å². The molecule has 0 amide bonds. The van der Waals surface area contributed by atoms with Crippen LogP contribution in [0.1, 0.15) is 0 Å². The lowest BCUT2D eigenvalue weighted by molar-refractivity contribution is 0.229. The number of rotatable bonds is 0. The van der Waals surface area contributed by atoms with Crippen molar-refractivity contribution in [1.82, 2.24) is 5.32 Å². The average molecular weight is 177 g/mol. The van der Waals surface area contributed by atoms with Crippen LogP contribution < -0.4 is 5.32 Å². The smallest absolute Gasteiger partial charge is 0.180 e. The standard InChI is InChI=1S/C4H5BrN2O/c5-3-1-6-2-7-4(3)8/h1-2,4,8H,(H,6,7). The van der Waals surface area contributed by atoms with Gasteiger partial charge < -0.3 is 10.4 Å². The third kappa shape index (κ3) is 1.08. The van der Waals surface area contributed by atoms with Gasteiger partial charge in [0.1, 0.15) is 0 Å². The number of hydrogen-bond donors (Lipinski definition) is 2. The lowest BCUT2D eigenvalue weighted by atomic mass is 10.5. The van der Waals surface area contributed by atoms with Crippen molar-refractivity contribution in [1.29, 1.82) is 0 Å². The Balaban J connectivity index is 2.63. The van der Waals surface area contributed by atoms with Crippen molar-refractivity contribution in [2.24, 2.45) is 4.99 Å². The molecule has 1 aliphatic rings. The third-order valence-electron chi connectivity index (χ3n) is 0.758. The summed E-state index contributed by atoms with van der Waals surface area (Å²) in [6.45, 7) is 0. The number of nitrogens with one attached hydrogen (secondary N) is 1. The summed E-state index contributed by atoms with van der Waals surface area (Å²) in [5, 5.41) is 11.5. The third-order valence-corrected chi connectivity index (χ3v) is 1.40. The lowest BCUT2D eigenvalue weighted by Gasteiger charge is -2.07. The number of aliphatic imine (C=N–C) groups is 1. The normalized spacial score (nSPS) is 26.8. The molecular formula is C4H5BrN2O. The molecule has 0 saturated carbocycles. The van der Waals surface area contributed by atoms with E-state index < -0.39 is 6.23 Å². The van der Waals surface area contributed by atoms with Crippen LogP contribution in [0.25, 0.3) is 0 Å². The zero-order valence-corrected chi connectivity index (χ0v) is 5.59. The summed E-state index contributed by atoms with van der Waals surface area (Å²) >= 11 is 3.09. The zero-order chi connectivity index (χ0) is 5.98. The summed E-state index contributed by atoms with van der Waals surface area (Å²) in [6.07, 6.45) is 2.36. The van der Waals surface area contributed by atoms with Crippen LogP contribution in [0.5, 0.6) is 0 Å². The fourth-order valence-electron chi connectivity index (χ4n) is 0.376. The minimum atomic E-state index is -0.712. The predicted molar refractivity (Wildman–Crippen MR) is 34.6 cm³/mol. The van der Waals surface area contributed by atoms with Gasteiger partial charge in [-0.3, -0.25) is 0 Å². The maximum Gasteiger partial charge on any atom is 0.180 e. The zero-order valence-electron chi connectivity index (χ0n) is 4.00. The summed E-state index contributed by atoms with van der Waals surface area (Å²) in [7, 11) is 0. The molecule has 2 N–H and O–H groups in total. The second kappa shape index (κ2) is 2.28. The molecular weight excluding hydrogens is 172 g/mol. The Morgan fingerprint density at radius 2 is 2.62 bits per heavy atom. The highest BCUT2D eigenvalue weighted by Gasteiger charge is 2.05. The van der Waals surface area contributed by atoms with Gasteiger partial charge in [-0.2, -0.15) is 0 Å². The first-order valence-electron chi connectivity index (χ1n) is 2.12. The molecule has 0 fully saturated rings. The minimum Gasteiger partial charge on any atom is -0.367 e. The second-order valence-electron chi connectivity index (χ2n) is 1.35. The highest BCUT2D eigenvalue weighted by atomic mass is 79.9. The summed E-state index contributed by atoms with van der Waals surface area (Å²) < 4.78 is 0.653. The van der Waals surface area contributed by atoms with E-state index in [9.17, 15) is 0 Å². The first-order valence-corrected chi connectivity index (χ1v) is 2.91. The molecule has 0 aliphatic carbocycles. The highest BCUT2D eigenvalue weighted by molar-refractivity contribution is 9.11. The number of halogens is 1. The van der Waals surface area contributed by atoms with E-state index in [1.165, 1.54) is 6.34 Å². The van der Waals surface area contributed by atoms with E-state index in [-0.39, 0.29) is 0 Å². The Kier molecular flexibility index (Phi) is 1.65. The molecule has 1 aliphatic heterocycles. The van der Waals surface area contributed by atoms with Crippen LogP contribution in [-0.2, 0) is 0 Å². The topological polar surface area (TPSA) is 44.6 Å². The number of hydrogen-bond acceptors (Lipinski definition) is 3. The minimum absolute atomic E-state index is 0.653. The van der Waals surface area contributed by atoms with Crippen LogP contribution in [0.2, 0.25) is 0 Å². The first kappa shape index (κ1) is 5.78. The van der Waals surface area contributed by atoms with Crippen molar-refractivity contribution in [3.63, 3.8) is 0 Å². The SMILES string of the molecule is OC1N=CNC=C1Br. The van der Waals surface area contributed by atoms with Crippen LogP contribution in [0.4, 0.5) is 0 Å². The Morgan fingerprint density at radius 3 is 3.00 bits per heavy atom. The Morgan fingerprint density at radius 1 is 1.88 bits per heavy atom. The van der Waals surface area contributed by atoms with Crippen LogP contribution in [0.3, 0.4) is 0 Å². The molecule has 0 aromatic rings. The Labute approximate surface area is 55.2 Å². The molecule has 4 heteroatoms. The molecule has 0 radical (unpaired) electrons. The van der Waals surface area contributed by atoms with Gasteiger partial charge in [0.15, 0.2) is 6.23 Å². The molecule has 1 heterocycles. The van der Waals surface area contributed by atoms with Gasteiger partial charge in [-0.15, -0.1) is 0 Å². The molecule has 0 saturated heterocycles. The van der Waals surface area contributed by atoms with Crippen molar-refractivity contribution in [3.05, 3.63) is 10.7 Å². The molecule has 3 nitrogen and oxygen atoms in total. The highest BCUT2D eigenvalue weighted by Crippen LogP contribution is 2.11. The summed E-state index contributed by atoms with van der Waals surface area (Å²) in [4.78, 5) is 3.62. The molecule has 0 bridgehead atoms. The van der Waals surface area contributed by atoms with Crippen molar-refractivity contribution >= 4 is 22.3 Å². The van der Waals surface area contributed by atoms with E-state index in [1.807, 2.05) is 0 Å². The van der Waals surface area contributed by atoms with Crippen molar-refractivity contribution in [2.45, 2.75) is 6.23 Å². The van der Waals surface area contributed by atoms with Crippen molar-refractivity contribution < 1.29 is 5.11 Å². The maximum absolute atomic E-state index is 8.82. The van der Waals surface area contributed by atoms with Crippen LogP contribution >= 0.6 is 15.9 Å². The molecule has 0 aromatic carbocycles. The molecule has 1 unspecified atom stereocenters. The summed E-state index contributed by atoms with van der Waals surface area (Å²) in [6, 6.07) is 0. The van der Waals surface area contributed by atoms with Gasteiger partial charge in [-0.05, 0) is 15.9 Å². The van der Waals surface area contributed by atoms with Gasteiger partial charge in [0.2, 0.25) is 0 Å². The van der Waals surface area contributed by atoms with Gasteiger partial charge in [-0.1, -0.05) is 0 Å². The first-order chi connectivity index (χ1) is 3.80. The van der Waals surface area contributed by atoms with Gasteiger partial charge in [0, 0.05) is 6.20 Å². The van der Waals surface area contributed by atoms with E-state index in [4.69, 9.17) is 5.11 Å². The van der Waals surface area contributed by atoms with Gasteiger partial charge >= 0.3 is 0 Å². The fourth-order valence-corrected chi connectivity index (χ4v) is 0.627. The lowest BCUT2D eigenvalue weighted by Crippen LogP contribution is -2.15. The molecule has 44 valence electrons. The summed E-state index contributed by atoms with van der Waals surface area (Å²) in [5.74, 6) is 0. The Bertz CT molecular complexity index is 143. The number of aliphatic hydroxyl groups excluding tert-OH is 1. The van der Waals surface area contributed by atoms with Gasteiger partial charge in [-0.25, -0.2) is 4.99 Å². The molecule has 0 spiro atoms. The van der Waals surface area contributed by atoms with E-state index in [0.29, 0.717) is 4.48 Å². The number of aliphatic hydroxyl groups is 1. The van der Waals surface area contributed by atoms with E-state index in [2.05, 4.69) is 26.2 Å². The maximum atomic E-state index is 8.82. The molecule has 1 atom stereocenters.